The highest BCUT2D eigenvalue weighted by Crippen LogP contribution is 2.21. The number of carbonyl (C=O) groups excluding carboxylic acids is 1. The maximum atomic E-state index is 11.6. The number of pyridine rings is 1. The number of carbonyl (C=O) groups is 2. The molecule has 5 nitrogen and oxygen atoms in total. The Morgan fingerprint density at radius 2 is 1.77 bits per heavy atom. The summed E-state index contributed by atoms with van der Waals surface area (Å²) in [7, 11) is 1.59. The minimum absolute atomic E-state index is 0.141. The fraction of sp³-hybridized carbons (Fsp3) is 0.0952. The molecule has 0 aliphatic carbocycles. The second-order valence-electron chi connectivity index (χ2n) is 5.95. The van der Waals surface area contributed by atoms with Gasteiger partial charge in [-0.05, 0) is 48.9 Å². The first kappa shape index (κ1) is 17.4. The van der Waals surface area contributed by atoms with Crippen LogP contribution < -0.4 is 5.32 Å². The van der Waals surface area contributed by atoms with Gasteiger partial charge in [0.15, 0.2) is 0 Å². The average molecular weight is 346 g/mol. The molecular weight excluding hydrogens is 328 g/mol. The lowest BCUT2D eigenvalue weighted by Gasteiger charge is -2.05. The summed E-state index contributed by atoms with van der Waals surface area (Å²) in [6.45, 7) is 1.92. The number of fused-ring (bicyclic) bond motifs is 1. The fourth-order valence-electron chi connectivity index (χ4n) is 2.69. The van der Waals surface area contributed by atoms with E-state index in [1.807, 2.05) is 43.3 Å². The Hall–Kier alpha value is -3.47. The third kappa shape index (κ3) is 3.62. The summed E-state index contributed by atoms with van der Waals surface area (Å²) in [5.41, 5.74) is 3.89. The van der Waals surface area contributed by atoms with Crippen molar-refractivity contribution in [3.63, 3.8) is 0 Å². The van der Waals surface area contributed by atoms with Crippen molar-refractivity contribution in [3.05, 3.63) is 76.5 Å². The Morgan fingerprint density at radius 3 is 2.42 bits per heavy atom. The largest absolute Gasteiger partial charge is 0.478 e. The number of aromatic carboxylic acids is 1. The van der Waals surface area contributed by atoms with Gasteiger partial charge in [-0.15, -0.1) is 0 Å². The van der Waals surface area contributed by atoms with Gasteiger partial charge in [-0.3, -0.25) is 4.79 Å². The van der Waals surface area contributed by atoms with Crippen LogP contribution >= 0.6 is 0 Å². The van der Waals surface area contributed by atoms with Crippen LogP contribution in [0.15, 0.2) is 48.5 Å². The number of amides is 1. The molecule has 26 heavy (non-hydrogen) atoms. The molecule has 1 amide bonds. The first-order valence-corrected chi connectivity index (χ1v) is 8.13. The van der Waals surface area contributed by atoms with E-state index in [1.165, 1.54) is 0 Å². The second kappa shape index (κ2) is 7.19. The molecule has 130 valence electrons. The molecule has 0 saturated carbocycles. The first-order valence-electron chi connectivity index (χ1n) is 8.13. The molecule has 5 heteroatoms. The Kier molecular flexibility index (Phi) is 4.80. The zero-order valence-corrected chi connectivity index (χ0v) is 14.5. The van der Waals surface area contributed by atoms with Gasteiger partial charge in [-0.25, -0.2) is 9.78 Å². The Bertz CT molecular complexity index is 1020. The maximum absolute atomic E-state index is 11.6. The number of benzene rings is 2. The molecule has 0 spiro atoms. The lowest BCUT2D eigenvalue weighted by Crippen LogP contribution is -2.17. The zero-order valence-electron chi connectivity index (χ0n) is 14.5. The van der Waals surface area contributed by atoms with Crippen LogP contribution in [0.3, 0.4) is 0 Å². The van der Waals surface area contributed by atoms with Gasteiger partial charge in [0.1, 0.15) is 0 Å². The number of carboxylic acid groups (broad SMARTS) is 1. The number of aryl methyl sites for hydroxylation is 1. The lowest BCUT2D eigenvalue weighted by atomic mass is 10.0. The van der Waals surface area contributed by atoms with Crippen LogP contribution in [-0.2, 0) is 0 Å². The molecule has 2 N–H and O–H groups in total. The summed E-state index contributed by atoms with van der Waals surface area (Å²) in [5, 5.41) is 12.7. The highest BCUT2D eigenvalue weighted by Gasteiger charge is 2.11. The summed E-state index contributed by atoms with van der Waals surface area (Å²) in [6.07, 6.45) is 3.60. The average Bonchev–Trinajstić information content (AvgIpc) is 2.65. The van der Waals surface area contributed by atoms with Crippen molar-refractivity contribution in [3.8, 4) is 0 Å². The number of hydrogen-bond donors (Lipinski definition) is 2. The van der Waals surface area contributed by atoms with E-state index in [-0.39, 0.29) is 11.5 Å². The predicted molar refractivity (Wildman–Crippen MR) is 102 cm³/mol. The smallest absolute Gasteiger partial charge is 0.336 e. The molecule has 2 aromatic carbocycles. The van der Waals surface area contributed by atoms with Gasteiger partial charge < -0.3 is 10.4 Å². The number of aromatic nitrogens is 1. The van der Waals surface area contributed by atoms with Crippen LogP contribution in [0, 0.1) is 6.92 Å². The maximum Gasteiger partial charge on any atom is 0.336 e. The number of nitrogens with one attached hydrogen (secondary N) is 1. The van der Waals surface area contributed by atoms with Crippen molar-refractivity contribution in [1.29, 1.82) is 0 Å². The molecular formula is C21H18N2O3. The van der Waals surface area contributed by atoms with Crippen LogP contribution in [-0.4, -0.2) is 29.0 Å². The molecule has 3 aromatic rings. The van der Waals surface area contributed by atoms with Gasteiger partial charge in [-0.2, -0.15) is 0 Å². The van der Waals surface area contributed by atoms with Gasteiger partial charge in [0.2, 0.25) is 0 Å². The topological polar surface area (TPSA) is 79.3 Å². The summed E-state index contributed by atoms with van der Waals surface area (Å²) in [4.78, 5) is 27.7. The zero-order chi connectivity index (χ0) is 18.7. The van der Waals surface area contributed by atoms with Crippen molar-refractivity contribution in [2.75, 3.05) is 7.05 Å². The summed E-state index contributed by atoms with van der Waals surface area (Å²) in [6, 6.07) is 14.2. The molecule has 1 heterocycles. The minimum atomic E-state index is -0.979. The van der Waals surface area contributed by atoms with Crippen molar-refractivity contribution in [1.82, 2.24) is 10.3 Å². The van der Waals surface area contributed by atoms with Crippen LogP contribution in [0.2, 0.25) is 0 Å². The van der Waals surface area contributed by atoms with Gasteiger partial charge in [-0.1, -0.05) is 29.8 Å². The van der Waals surface area contributed by atoms with E-state index < -0.39 is 5.97 Å². The summed E-state index contributed by atoms with van der Waals surface area (Å²) in [5.74, 6) is -1.12. The third-order valence-corrected chi connectivity index (χ3v) is 4.06. The van der Waals surface area contributed by atoms with E-state index in [0.29, 0.717) is 22.2 Å². The van der Waals surface area contributed by atoms with Gasteiger partial charge in [0.25, 0.3) is 5.91 Å². The number of rotatable bonds is 4. The van der Waals surface area contributed by atoms with E-state index in [2.05, 4.69) is 10.3 Å². The molecule has 0 aliphatic rings. The summed E-state index contributed by atoms with van der Waals surface area (Å²) >= 11 is 0. The second-order valence-corrected chi connectivity index (χ2v) is 5.95. The van der Waals surface area contributed by atoms with E-state index in [4.69, 9.17) is 0 Å². The van der Waals surface area contributed by atoms with Crippen LogP contribution in [0.5, 0.6) is 0 Å². The molecule has 0 fully saturated rings. The highest BCUT2D eigenvalue weighted by molar-refractivity contribution is 6.03. The molecule has 0 atom stereocenters. The molecule has 3 rings (SSSR count). The molecule has 0 bridgehead atoms. The van der Waals surface area contributed by atoms with E-state index in [9.17, 15) is 14.7 Å². The SMILES string of the molecule is CNC(=O)c1ccc(/C=C/c2cc(C(=O)O)c3cc(C)ccc3n2)cc1. The van der Waals surface area contributed by atoms with Crippen LogP contribution in [0.1, 0.15) is 37.5 Å². The van der Waals surface area contributed by atoms with E-state index in [1.54, 1.807) is 31.3 Å². The normalized spacial score (nSPS) is 11.0. The highest BCUT2D eigenvalue weighted by atomic mass is 16.4. The number of carboxylic acids is 1. The van der Waals surface area contributed by atoms with Crippen LogP contribution in [0.4, 0.5) is 0 Å². The van der Waals surface area contributed by atoms with Crippen molar-refractivity contribution >= 4 is 34.9 Å². The lowest BCUT2D eigenvalue weighted by molar-refractivity contribution is 0.0698. The molecule has 0 unspecified atom stereocenters. The summed E-state index contributed by atoms with van der Waals surface area (Å²) < 4.78 is 0. The van der Waals surface area contributed by atoms with Gasteiger partial charge >= 0.3 is 5.97 Å². The first-order chi connectivity index (χ1) is 12.5. The number of nitrogens with zero attached hydrogens (tertiary/aromatic N) is 1. The Morgan fingerprint density at radius 1 is 1.04 bits per heavy atom. The molecule has 0 aliphatic heterocycles. The molecule has 0 saturated heterocycles. The third-order valence-electron chi connectivity index (χ3n) is 4.06. The standard InChI is InChI=1S/C21H18N2O3/c1-13-3-10-19-17(11-13)18(21(25)26)12-16(23-19)9-6-14-4-7-15(8-5-14)20(24)22-2/h3-12H,1-2H3,(H,22,24)(H,25,26)/b9-6+. The monoisotopic (exact) mass is 346 g/mol. The quantitative estimate of drug-likeness (QED) is 0.754. The fourth-order valence-corrected chi connectivity index (χ4v) is 2.69. The van der Waals surface area contributed by atoms with Gasteiger partial charge in [0.05, 0.1) is 16.8 Å². The van der Waals surface area contributed by atoms with Crippen molar-refractivity contribution < 1.29 is 14.7 Å². The predicted octanol–water partition coefficient (Wildman–Crippen LogP) is 3.77. The molecule has 1 aromatic heterocycles. The van der Waals surface area contributed by atoms with Crippen LogP contribution in [0.25, 0.3) is 23.1 Å². The van der Waals surface area contributed by atoms with E-state index in [0.717, 1.165) is 11.1 Å². The van der Waals surface area contributed by atoms with Crippen molar-refractivity contribution in [2.24, 2.45) is 0 Å². The number of hydrogen-bond acceptors (Lipinski definition) is 3. The van der Waals surface area contributed by atoms with Gasteiger partial charge in [0, 0.05) is 18.0 Å². The Labute approximate surface area is 151 Å². The van der Waals surface area contributed by atoms with Crippen molar-refractivity contribution in [2.45, 2.75) is 6.92 Å². The van der Waals surface area contributed by atoms with E-state index >= 15 is 0 Å². The minimum Gasteiger partial charge on any atom is -0.478 e. The Balaban J connectivity index is 1.95. The molecule has 0 radical (unpaired) electrons.